The number of nitro groups is 1. The third kappa shape index (κ3) is 5.36. The number of carbonyl (C=O) groups is 2. The number of carbonyl (C=O) groups excluding carboxylic acids is 2. The van der Waals surface area contributed by atoms with Crippen LogP contribution in [0.2, 0.25) is 0 Å². The first-order valence-corrected chi connectivity index (χ1v) is 9.54. The molecule has 1 aliphatic heterocycles. The molecule has 1 aromatic rings. The summed E-state index contributed by atoms with van der Waals surface area (Å²) in [4.78, 5) is 34.3. The first kappa shape index (κ1) is 19.0. The summed E-state index contributed by atoms with van der Waals surface area (Å²) in [6.45, 7) is 0. The Balaban J connectivity index is 1.53. The third-order valence-electron chi connectivity index (χ3n) is 4.22. The lowest BCUT2D eigenvalue weighted by Crippen LogP contribution is -2.28. The second-order valence-electron chi connectivity index (χ2n) is 6.28. The van der Waals surface area contributed by atoms with Crippen LogP contribution >= 0.6 is 11.8 Å². The molecule has 9 nitrogen and oxygen atoms in total. The first-order valence-electron chi connectivity index (χ1n) is 8.66. The van der Waals surface area contributed by atoms with Gasteiger partial charge in [-0.3, -0.25) is 19.7 Å². The smallest absolute Gasteiger partial charge is 0.269 e. The van der Waals surface area contributed by atoms with Crippen molar-refractivity contribution in [3.8, 4) is 0 Å². The molecule has 2 N–H and O–H groups in total. The van der Waals surface area contributed by atoms with E-state index in [1.807, 2.05) is 0 Å². The predicted molar refractivity (Wildman–Crippen MR) is 104 cm³/mol. The zero-order valence-electron chi connectivity index (χ0n) is 14.5. The van der Waals surface area contributed by atoms with E-state index in [2.05, 4.69) is 20.8 Å². The number of hydrogen-bond donors (Lipinski definition) is 2. The second kappa shape index (κ2) is 8.76. The molecule has 2 amide bonds. The molecule has 2 aliphatic rings. The minimum atomic E-state index is -0.576. The summed E-state index contributed by atoms with van der Waals surface area (Å²) >= 11 is 1.18. The van der Waals surface area contributed by atoms with Crippen molar-refractivity contribution in [1.29, 1.82) is 0 Å². The Kier molecular flexibility index (Phi) is 6.17. The van der Waals surface area contributed by atoms with Crippen LogP contribution in [-0.4, -0.2) is 32.9 Å². The Morgan fingerprint density at radius 1 is 1.22 bits per heavy atom. The number of non-ortho nitro benzene ring substituents is 1. The van der Waals surface area contributed by atoms with Gasteiger partial charge in [-0.25, -0.2) is 0 Å². The Morgan fingerprint density at radius 2 is 1.93 bits per heavy atom. The lowest BCUT2D eigenvalue weighted by molar-refractivity contribution is -0.384. The van der Waals surface area contributed by atoms with Gasteiger partial charge in [-0.2, -0.15) is 5.10 Å². The fourth-order valence-electron chi connectivity index (χ4n) is 2.81. The maximum absolute atomic E-state index is 12.1. The lowest BCUT2D eigenvalue weighted by atomic mass is 9.99. The van der Waals surface area contributed by atoms with Crippen molar-refractivity contribution < 1.29 is 14.5 Å². The van der Waals surface area contributed by atoms with Crippen LogP contribution in [0.15, 0.2) is 34.5 Å². The summed E-state index contributed by atoms with van der Waals surface area (Å²) in [6.07, 6.45) is 5.31. The van der Waals surface area contributed by atoms with Crippen LogP contribution in [0.25, 0.3) is 0 Å². The number of anilines is 1. The van der Waals surface area contributed by atoms with E-state index in [-0.39, 0.29) is 23.9 Å². The Bertz CT molecular complexity index is 798. The molecule has 1 aromatic carbocycles. The summed E-state index contributed by atoms with van der Waals surface area (Å²) < 4.78 is 0. The highest BCUT2D eigenvalue weighted by Crippen LogP contribution is 2.24. The molecule has 0 spiro atoms. The van der Waals surface area contributed by atoms with Crippen LogP contribution in [0.3, 0.4) is 0 Å². The largest absolute Gasteiger partial charge is 0.326 e. The average Bonchev–Trinajstić information content (AvgIpc) is 3.00. The molecule has 0 aromatic heterocycles. The van der Waals surface area contributed by atoms with Crippen molar-refractivity contribution in [1.82, 2.24) is 5.32 Å². The molecule has 2 fully saturated rings. The summed E-state index contributed by atoms with van der Waals surface area (Å²) in [7, 11) is 0. The normalized spacial score (nSPS) is 21.0. The fraction of sp³-hybridized carbons (Fsp3) is 0.412. The van der Waals surface area contributed by atoms with Gasteiger partial charge in [0.1, 0.15) is 5.25 Å². The van der Waals surface area contributed by atoms with Crippen LogP contribution in [0.1, 0.15) is 38.5 Å². The molecule has 0 radical (unpaired) electrons. The maximum Gasteiger partial charge on any atom is 0.269 e. The molecule has 1 heterocycles. The molecule has 1 atom stereocenters. The highest BCUT2D eigenvalue weighted by molar-refractivity contribution is 8.15. The van der Waals surface area contributed by atoms with Gasteiger partial charge in [0.25, 0.3) is 5.69 Å². The molecule has 142 valence electrons. The van der Waals surface area contributed by atoms with Gasteiger partial charge >= 0.3 is 0 Å². The van der Waals surface area contributed by atoms with Gasteiger partial charge in [-0.1, -0.05) is 18.2 Å². The molecule has 0 bridgehead atoms. The average molecular weight is 389 g/mol. The number of amidine groups is 1. The zero-order valence-corrected chi connectivity index (χ0v) is 15.3. The molecular weight excluding hydrogens is 370 g/mol. The molecule has 1 unspecified atom stereocenters. The SMILES string of the molecule is O=C(CC1SC(=NN=C2CCCCC2)NC1=O)Nc1ccc([N+](=O)[O-])cc1. The molecule has 1 aliphatic carbocycles. The van der Waals surface area contributed by atoms with E-state index in [1.165, 1.54) is 42.4 Å². The Labute approximate surface area is 159 Å². The monoisotopic (exact) mass is 389 g/mol. The summed E-state index contributed by atoms with van der Waals surface area (Å²) in [6, 6.07) is 5.51. The maximum atomic E-state index is 12.1. The van der Waals surface area contributed by atoms with Gasteiger partial charge in [0.15, 0.2) is 5.17 Å². The van der Waals surface area contributed by atoms with Gasteiger partial charge in [0.05, 0.1) is 4.92 Å². The van der Waals surface area contributed by atoms with Gasteiger partial charge in [-0.05, 0) is 37.8 Å². The first-order chi connectivity index (χ1) is 13.0. The molecule has 1 saturated carbocycles. The number of hydrogen-bond acceptors (Lipinski definition) is 7. The van der Waals surface area contributed by atoms with Crippen LogP contribution < -0.4 is 10.6 Å². The van der Waals surface area contributed by atoms with Gasteiger partial charge < -0.3 is 10.6 Å². The minimum Gasteiger partial charge on any atom is -0.326 e. The molecule has 3 rings (SSSR count). The van der Waals surface area contributed by atoms with Crippen LogP contribution in [0.5, 0.6) is 0 Å². The third-order valence-corrected chi connectivity index (χ3v) is 5.29. The summed E-state index contributed by atoms with van der Waals surface area (Å²) in [5.74, 6) is -0.627. The topological polar surface area (TPSA) is 126 Å². The van der Waals surface area contributed by atoms with Crippen molar-refractivity contribution in [3.63, 3.8) is 0 Å². The van der Waals surface area contributed by atoms with Crippen molar-refractivity contribution >= 4 is 45.8 Å². The van der Waals surface area contributed by atoms with E-state index < -0.39 is 10.2 Å². The number of thioether (sulfide) groups is 1. The number of nitrogens with zero attached hydrogens (tertiary/aromatic N) is 3. The van der Waals surface area contributed by atoms with E-state index in [1.54, 1.807) is 0 Å². The van der Waals surface area contributed by atoms with E-state index in [4.69, 9.17) is 0 Å². The molecular formula is C17H19N5O4S. The van der Waals surface area contributed by atoms with Crippen molar-refractivity contribution in [2.45, 2.75) is 43.8 Å². The Hall–Kier alpha value is -2.75. The van der Waals surface area contributed by atoms with E-state index in [0.717, 1.165) is 31.4 Å². The van der Waals surface area contributed by atoms with Gasteiger partial charge in [0.2, 0.25) is 11.8 Å². The summed E-state index contributed by atoms with van der Waals surface area (Å²) in [5, 5.41) is 24.1. The summed E-state index contributed by atoms with van der Waals surface area (Å²) in [5.41, 5.74) is 1.42. The van der Waals surface area contributed by atoms with E-state index >= 15 is 0 Å². The highest BCUT2D eigenvalue weighted by atomic mass is 32.2. The van der Waals surface area contributed by atoms with Crippen LogP contribution in [0, 0.1) is 10.1 Å². The molecule has 27 heavy (non-hydrogen) atoms. The number of benzene rings is 1. The molecule has 1 saturated heterocycles. The van der Waals surface area contributed by atoms with E-state index in [9.17, 15) is 19.7 Å². The highest BCUT2D eigenvalue weighted by Gasteiger charge is 2.32. The van der Waals surface area contributed by atoms with Gasteiger partial charge in [0, 0.05) is 30.0 Å². The Morgan fingerprint density at radius 3 is 2.59 bits per heavy atom. The van der Waals surface area contributed by atoms with E-state index in [0.29, 0.717) is 10.9 Å². The minimum absolute atomic E-state index is 0.0247. The van der Waals surface area contributed by atoms with Crippen molar-refractivity contribution in [2.75, 3.05) is 5.32 Å². The predicted octanol–water partition coefficient (Wildman–Crippen LogP) is 2.83. The van der Waals surface area contributed by atoms with Crippen LogP contribution in [-0.2, 0) is 9.59 Å². The quantitative estimate of drug-likeness (QED) is 0.591. The van der Waals surface area contributed by atoms with Gasteiger partial charge in [-0.15, -0.1) is 5.10 Å². The number of nitrogens with one attached hydrogen (secondary N) is 2. The second-order valence-corrected chi connectivity index (χ2v) is 7.48. The zero-order chi connectivity index (χ0) is 19.2. The lowest BCUT2D eigenvalue weighted by Gasteiger charge is -2.10. The standard InChI is InChI=1S/C17H19N5O4S/c23-15(18-11-6-8-13(9-7-11)22(25)26)10-14-16(24)19-17(27-14)21-20-12-4-2-1-3-5-12/h6-9,14H,1-5,10H2,(H,18,23)(H,19,21,24). The number of rotatable bonds is 5. The van der Waals surface area contributed by atoms with Crippen molar-refractivity contribution in [2.24, 2.45) is 10.2 Å². The molecule has 10 heteroatoms. The van der Waals surface area contributed by atoms with Crippen LogP contribution in [0.4, 0.5) is 11.4 Å². The number of nitro benzene ring substituents is 1. The fourth-order valence-corrected chi connectivity index (χ4v) is 3.73. The number of amides is 2. The van der Waals surface area contributed by atoms with Crippen molar-refractivity contribution in [3.05, 3.63) is 34.4 Å².